The van der Waals surface area contributed by atoms with Crippen molar-refractivity contribution in [2.45, 2.75) is 25.3 Å². The molecule has 2 heterocycles. The van der Waals surface area contributed by atoms with Gasteiger partial charge in [-0.1, -0.05) is 30.3 Å². The molecule has 0 aliphatic carbocycles. The van der Waals surface area contributed by atoms with E-state index in [1.54, 1.807) is 24.5 Å². The van der Waals surface area contributed by atoms with Crippen LogP contribution in [0.15, 0.2) is 77.4 Å². The van der Waals surface area contributed by atoms with Crippen molar-refractivity contribution in [1.82, 2.24) is 4.90 Å². The second kappa shape index (κ2) is 8.97. The normalized spacial score (nSPS) is 15.3. The van der Waals surface area contributed by atoms with Crippen molar-refractivity contribution < 1.29 is 14.3 Å². The number of benzene rings is 2. The van der Waals surface area contributed by atoms with E-state index in [1.165, 1.54) is 0 Å². The molecule has 1 aliphatic heterocycles. The van der Waals surface area contributed by atoms with Gasteiger partial charge in [0.2, 0.25) is 0 Å². The fourth-order valence-corrected chi connectivity index (χ4v) is 4.00. The fraction of sp³-hybridized carbons (Fsp3) is 0.292. The summed E-state index contributed by atoms with van der Waals surface area (Å²) in [6.45, 7) is 2.84. The maximum Gasteiger partial charge on any atom is 0.294 e. The van der Waals surface area contributed by atoms with Gasteiger partial charge in [-0.3, -0.25) is 4.79 Å². The van der Waals surface area contributed by atoms with Crippen molar-refractivity contribution in [3.63, 3.8) is 0 Å². The van der Waals surface area contributed by atoms with E-state index >= 15 is 0 Å². The van der Waals surface area contributed by atoms with Crippen molar-refractivity contribution in [2.24, 2.45) is 0 Å². The Morgan fingerprint density at radius 2 is 1.83 bits per heavy atom. The van der Waals surface area contributed by atoms with E-state index in [-0.39, 0.29) is 11.9 Å². The van der Waals surface area contributed by atoms with Gasteiger partial charge in [-0.15, -0.1) is 0 Å². The summed E-state index contributed by atoms with van der Waals surface area (Å²) >= 11 is 0. The van der Waals surface area contributed by atoms with Gasteiger partial charge in [0, 0.05) is 31.4 Å². The zero-order valence-corrected chi connectivity index (χ0v) is 16.4. The van der Waals surface area contributed by atoms with Crippen LogP contribution in [0.25, 0.3) is 0 Å². The minimum absolute atomic E-state index is 0.0839. The van der Waals surface area contributed by atoms with Crippen LogP contribution in [0.4, 0.5) is 5.69 Å². The summed E-state index contributed by atoms with van der Waals surface area (Å²) in [4.78, 5) is 17.5. The van der Waals surface area contributed by atoms with Crippen LogP contribution in [-0.2, 0) is 6.42 Å². The topological polar surface area (TPSA) is 56.9 Å². The number of amides is 1. The SMILES string of the molecule is O=C(c1ccco1)N(c1ccccc1)C1CCN(CCc2cccc(O)c2)CC1. The molecule has 1 saturated heterocycles. The van der Waals surface area contributed by atoms with Crippen molar-refractivity contribution in [3.05, 3.63) is 84.3 Å². The van der Waals surface area contributed by atoms with Gasteiger partial charge < -0.3 is 19.3 Å². The maximum atomic E-state index is 13.1. The first-order valence-electron chi connectivity index (χ1n) is 10.1. The Kier molecular flexibility index (Phi) is 5.96. The fourth-order valence-electron chi connectivity index (χ4n) is 4.00. The molecule has 1 N–H and O–H groups in total. The van der Waals surface area contributed by atoms with E-state index < -0.39 is 0 Å². The van der Waals surface area contributed by atoms with Crippen LogP contribution >= 0.6 is 0 Å². The third-order valence-corrected chi connectivity index (χ3v) is 5.53. The predicted molar refractivity (Wildman–Crippen MR) is 113 cm³/mol. The summed E-state index contributed by atoms with van der Waals surface area (Å²) in [5, 5.41) is 9.63. The third kappa shape index (κ3) is 4.69. The lowest BCUT2D eigenvalue weighted by Gasteiger charge is -2.38. The van der Waals surface area contributed by atoms with Gasteiger partial charge >= 0.3 is 0 Å². The minimum atomic E-state index is -0.0839. The highest BCUT2D eigenvalue weighted by molar-refractivity contribution is 6.04. The molecular formula is C24H26N2O3. The van der Waals surface area contributed by atoms with Gasteiger partial charge in [0.1, 0.15) is 5.75 Å². The lowest BCUT2D eigenvalue weighted by molar-refractivity contribution is 0.0933. The highest BCUT2D eigenvalue weighted by Gasteiger charge is 2.30. The molecule has 1 aliphatic rings. The second-order valence-electron chi connectivity index (χ2n) is 7.48. The Morgan fingerprint density at radius 3 is 2.52 bits per heavy atom. The Morgan fingerprint density at radius 1 is 1.03 bits per heavy atom. The van der Waals surface area contributed by atoms with Gasteiger partial charge in [-0.25, -0.2) is 0 Å². The number of anilines is 1. The first-order valence-corrected chi connectivity index (χ1v) is 10.1. The number of likely N-dealkylation sites (tertiary alicyclic amines) is 1. The third-order valence-electron chi connectivity index (χ3n) is 5.53. The van der Waals surface area contributed by atoms with Crippen molar-refractivity contribution >= 4 is 11.6 Å². The van der Waals surface area contributed by atoms with Crippen LogP contribution in [0.3, 0.4) is 0 Å². The molecule has 0 spiro atoms. The summed E-state index contributed by atoms with van der Waals surface area (Å²) in [5.74, 6) is 0.607. The quantitative estimate of drug-likeness (QED) is 0.680. The summed E-state index contributed by atoms with van der Waals surface area (Å²) in [7, 11) is 0. The second-order valence-corrected chi connectivity index (χ2v) is 7.48. The number of para-hydroxylation sites is 1. The number of aromatic hydroxyl groups is 1. The Bertz CT molecular complexity index is 916. The first kappa shape index (κ1) is 19.3. The highest BCUT2D eigenvalue weighted by atomic mass is 16.3. The average Bonchev–Trinajstić information content (AvgIpc) is 3.29. The Balaban J connectivity index is 1.41. The highest BCUT2D eigenvalue weighted by Crippen LogP contribution is 2.26. The van der Waals surface area contributed by atoms with E-state index in [1.807, 2.05) is 53.4 Å². The number of furan rings is 1. The molecule has 0 bridgehead atoms. The Labute approximate surface area is 171 Å². The number of rotatable bonds is 6. The molecule has 5 nitrogen and oxygen atoms in total. The van der Waals surface area contributed by atoms with E-state index in [9.17, 15) is 9.90 Å². The molecule has 0 saturated carbocycles. The zero-order chi connectivity index (χ0) is 20.1. The molecule has 3 aromatic rings. The minimum Gasteiger partial charge on any atom is -0.508 e. The number of nitrogens with zero attached hydrogens (tertiary/aromatic N) is 2. The number of piperidine rings is 1. The molecule has 29 heavy (non-hydrogen) atoms. The molecular weight excluding hydrogens is 364 g/mol. The molecule has 1 fully saturated rings. The predicted octanol–water partition coefficient (Wildman–Crippen LogP) is 4.34. The van der Waals surface area contributed by atoms with E-state index in [4.69, 9.17) is 4.42 Å². The van der Waals surface area contributed by atoms with Crippen LogP contribution < -0.4 is 4.90 Å². The lowest BCUT2D eigenvalue weighted by Crippen LogP contribution is -2.48. The van der Waals surface area contributed by atoms with Crippen LogP contribution in [0.5, 0.6) is 5.75 Å². The van der Waals surface area contributed by atoms with E-state index in [2.05, 4.69) is 4.90 Å². The number of carbonyl (C=O) groups excluding carboxylic acids is 1. The standard InChI is InChI=1S/C24H26N2O3/c27-22-9-4-6-19(18-22)11-14-25-15-12-21(13-16-25)26(20-7-2-1-3-8-20)24(28)23-10-5-17-29-23/h1-10,17-18,21,27H,11-16H2. The lowest BCUT2D eigenvalue weighted by atomic mass is 10.0. The first-order chi connectivity index (χ1) is 14.2. The summed E-state index contributed by atoms with van der Waals surface area (Å²) in [6, 6.07) is 20.9. The molecule has 4 rings (SSSR count). The van der Waals surface area contributed by atoms with Crippen molar-refractivity contribution in [1.29, 1.82) is 0 Å². The molecule has 1 amide bonds. The average molecular weight is 390 g/mol. The number of carbonyl (C=O) groups is 1. The van der Waals surface area contributed by atoms with Gasteiger partial charge in [0.05, 0.1) is 6.26 Å². The number of hydrogen-bond acceptors (Lipinski definition) is 4. The maximum absolute atomic E-state index is 13.1. The van der Waals surface area contributed by atoms with E-state index in [0.29, 0.717) is 11.5 Å². The zero-order valence-electron chi connectivity index (χ0n) is 16.4. The van der Waals surface area contributed by atoms with Gasteiger partial charge in [-0.05, 0) is 61.2 Å². The van der Waals surface area contributed by atoms with Gasteiger partial charge in [-0.2, -0.15) is 0 Å². The molecule has 5 heteroatoms. The Hall–Kier alpha value is -3.05. The largest absolute Gasteiger partial charge is 0.508 e. The number of phenols is 1. The molecule has 2 aromatic carbocycles. The van der Waals surface area contributed by atoms with Crippen LogP contribution in [-0.4, -0.2) is 41.6 Å². The molecule has 0 atom stereocenters. The van der Waals surface area contributed by atoms with Gasteiger partial charge in [0.25, 0.3) is 5.91 Å². The van der Waals surface area contributed by atoms with Crippen LogP contribution in [0, 0.1) is 0 Å². The summed E-state index contributed by atoms with van der Waals surface area (Å²) < 4.78 is 5.38. The van der Waals surface area contributed by atoms with Gasteiger partial charge in [0.15, 0.2) is 5.76 Å². The van der Waals surface area contributed by atoms with Crippen LogP contribution in [0.1, 0.15) is 29.0 Å². The summed E-state index contributed by atoms with van der Waals surface area (Å²) in [5.41, 5.74) is 2.05. The number of phenolic OH excluding ortho intramolecular Hbond substituents is 1. The van der Waals surface area contributed by atoms with Crippen molar-refractivity contribution in [3.8, 4) is 5.75 Å². The molecule has 0 unspecified atom stereocenters. The van der Waals surface area contributed by atoms with Crippen molar-refractivity contribution in [2.75, 3.05) is 24.5 Å². The van der Waals surface area contributed by atoms with E-state index in [0.717, 1.165) is 50.1 Å². The van der Waals surface area contributed by atoms with Crippen LogP contribution in [0.2, 0.25) is 0 Å². The summed E-state index contributed by atoms with van der Waals surface area (Å²) in [6.07, 6.45) is 4.29. The molecule has 150 valence electrons. The molecule has 1 aromatic heterocycles. The molecule has 0 radical (unpaired) electrons. The monoisotopic (exact) mass is 390 g/mol. The number of hydrogen-bond donors (Lipinski definition) is 1. The smallest absolute Gasteiger partial charge is 0.294 e.